The third kappa shape index (κ3) is 5.88. The Hall–Kier alpha value is -1.53. The van der Waals surface area contributed by atoms with Crippen LogP contribution in [0.15, 0.2) is 24.3 Å². The van der Waals surface area contributed by atoms with Gasteiger partial charge in [0.2, 0.25) is 0 Å². The van der Waals surface area contributed by atoms with Crippen molar-refractivity contribution >= 4 is 22.9 Å². The molecule has 0 aromatic heterocycles. The van der Waals surface area contributed by atoms with E-state index in [-0.39, 0.29) is 16.7 Å². The van der Waals surface area contributed by atoms with Gasteiger partial charge in [0.05, 0.1) is 0 Å². The molecule has 5 nitrogen and oxygen atoms in total. The average Bonchev–Trinajstić information content (AvgIpc) is 2.52. The molecule has 6 heteroatoms. The Balaban J connectivity index is 1.85. The minimum Gasteiger partial charge on any atom is -0.347 e. The lowest BCUT2D eigenvalue weighted by Gasteiger charge is -2.26. The van der Waals surface area contributed by atoms with Gasteiger partial charge < -0.3 is 15.5 Å². The van der Waals surface area contributed by atoms with Crippen LogP contribution in [0, 0.1) is 0 Å². The van der Waals surface area contributed by atoms with Gasteiger partial charge in [-0.15, -0.1) is 0 Å². The molecule has 2 amide bonds. The second kappa shape index (κ2) is 7.84. The van der Waals surface area contributed by atoms with Crippen LogP contribution in [0.2, 0.25) is 0 Å². The first kappa shape index (κ1) is 17.8. The van der Waals surface area contributed by atoms with E-state index < -0.39 is 0 Å². The van der Waals surface area contributed by atoms with E-state index >= 15 is 0 Å². The van der Waals surface area contributed by atoms with Crippen LogP contribution in [0.3, 0.4) is 0 Å². The minimum absolute atomic E-state index is 0.0754. The van der Waals surface area contributed by atoms with E-state index in [1.54, 1.807) is 0 Å². The average molecular weight is 335 g/mol. The van der Waals surface area contributed by atoms with Crippen LogP contribution in [0.1, 0.15) is 36.7 Å². The summed E-state index contributed by atoms with van der Waals surface area (Å²) in [5.74, 6) is 0.554. The SMILES string of the molecule is CC(C)(C)NC(=O)c1ccc(CSC(=O)N2CCNCC2)cc1. The number of thioether (sulfide) groups is 1. The van der Waals surface area contributed by atoms with Gasteiger partial charge in [0.25, 0.3) is 11.1 Å². The predicted octanol–water partition coefficient (Wildman–Crippen LogP) is 2.47. The second-order valence-corrected chi connectivity index (χ2v) is 7.62. The molecule has 23 heavy (non-hydrogen) atoms. The first-order valence-electron chi connectivity index (χ1n) is 7.89. The van der Waals surface area contributed by atoms with Crippen LogP contribution >= 0.6 is 11.8 Å². The molecule has 0 bridgehead atoms. The van der Waals surface area contributed by atoms with E-state index in [1.807, 2.05) is 49.9 Å². The lowest BCUT2D eigenvalue weighted by atomic mass is 10.1. The number of amides is 2. The van der Waals surface area contributed by atoms with Crippen LogP contribution in [0.5, 0.6) is 0 Å². The Morgan fingerprint density at radius 1 is 1.17 bits per heavy atom. The van der Waals surface area contributed by atoms with Crippen LogP contribution in [-0.2, 0) is 5.75 Å². The number of carbonyl (C=O) groups is 2. The maximum absolute atomic E-state index is 12.1. The first-order chi connectivity index (χ1) is 10.8. The molecule has 0 spiro atoms. The lowest BCUT2D eigenvalue weighted by molar-refractivity contribution is 0.0919. The zero-order chi connectivity index (χ0) is 16.9. The fourth-order valence-electron chi connectivity index (χ4n) is 2.25. The zero-order valence-electron chi connectivity index (χ0n) is 14.0. The molecule has 1 heterocycles. The van der Waals surface area contributed by atoms with Crippen molar-refractivity contribution in [2.75, 3.05) is 26.2 Å². The van der Waals surface area contributed by atoms with E-state index in [0.717, 1.165) is 31.7 Å². The molecule has 1 aromatic rings. The smallest absolute Gasteiger partial charge is 0.282 e. The van der Waals surface area contributed by atoms with E-state index in [9.17, 15) is 9.59 Å². The number of hydrogen-bond donors (Lipinski definition) is 2. The van der Waals surface area contributed by atoms with Crippen LogP contribution < -0.4 is 10.6 Å². The summed E-state index contributed by atoms with van der Waals surface area (Å²) in [6, 6.07) is 7.45. The summed E-state index contributed by atoms with van der Waals surface area (Å²) in [6.07, 6.45) is 0. The monoisotopic (exact) mass is 335 g/mol. The van der Waals surface area contributed by atoms with Crippen molar-refractivity contribution in [2.45, 2.75) is 32.1 Å². The summed E-state index contributed by atoms with van der Waals surface area (Å²) in [4.78, 5) is 26.0. The Labute approximate surface area is 142 Å². The Morgan fingerprint density at radius 3 is 2.35 bits per heavy atom. The van der Waals surface area contributed by atoms with Gasteiger partial charge in [0.15, 0.2) is 0 Å². The van der Waals surface area contributed by atoms with Gasteiger partial charge in [-0.25, -0.2) is 0 Å². The van der Waals surface area contributed by atoms with Gasteiger partial charge in [-0.3, -0.25) is 9.59 Å². The highest BCUT2D eigenvalue weighted by Crippen LogP contribution is 2.17. The predicted molar refractivity (Wildman–Crippen MR) is 94.8 cm³/mol. The van der Waals surface area contributed by atoms with Gasteiger partial charge in [-0.1, -0.05) is 23.9 Å². The van der Waals surface area contributed by atoms with Gasteiger partial charge in [-0.05, 0) is 38.5 Å². The summed E-state index contributed by atoms with van der Waals surface area (Å²) in [5, 5.41) is 6.30. The molecule has 1 aliphatic heterocycles. The molecule has 0 unspecified atom stereocenters. The lowest BCUT2D eigenvalue weighted by Crippen LogP contribution is -2.45. The third-order valence-electron chi connectivity index (χ3n) is 3.44. The fraction of sp³-hybridized carbons (Fsp3) is 0.529. The molecule has 1 fully saturated rings. The number of piperazine rings is 1. The van der Waals surface area contributed by atoms with Crippen LogP contribution in [0.4, 0.5) is 4.79 Å². The summed E-state index contributed by atoms with van der Waals surface area (Å²) < 4.78 is 0. The van der Waals surface area contributed by atoms with Gasteiger partial charge >= 0.3 is 0 Å². The summed E-state index contributed by atoms with van der Waals surface area (Å²) in [7, 11) is 0. The van der Waals surface area contributed by atoms with Gasteiger partial charge in [0.1, 0.15) is 0 Å². The zero-order valence-corrected chi connectivity index (χ0v) is 14.8. The summed E-state index contributed by atoms with van der Waals surface area (Å²) in [6.45, 7) is 9.15. The number of benzene rings is 1. The van der Waals surface area contributed by atoms with Crippen molar-refractivity contribution in [3.63, 3.8) is 0 Å². The van der Waals surface area contributed by atoms with Crippen molar-refractivity contribution in [3.05, 3.63) is 35.4 Å². The Bertz CT molecular complexity index is 546. The van der Waals surface area contributed by atoms with Crippen molar-refractivity contribution in [2.24, 2.45) is 0 Å². The summed E-state index contributed by atoms with van der Waals surface area (Å²) in [5.41, 5.74) is 1.44. The normalized spacial score (nSPS) is 15.3. The van der Waals surface area contributed by atoms with Crippen molar-refractivity contribution in [1.29, 1.82) is 0 Å². The highest BCUT2D eigenvalue weighted by Gasteiger charge is 2.17. The summed E-state index contributed by atoms with van der Waals surface area (Å²) >= 11 is 1.32. The van der Waals surface area contributed by atoms with Crippen LogP contribution in [-0.4, -0.2) is 47.8 Å². The van der Waals surface area contributed by atoms with Crippen molar-refractivity contribution < 1.29 is 9.59 Å². The highest BCUT2D eigenvalue weighted by molar-refractivity contribution is 8.12. The number of hydrogen-bond acceptors (Lipinski definition) is 4. The maximum Gasteiger partial charge on any atom is 0.282 e. The Morgan fingerprint density at radius 2 is 1.78 bits per heavy atom. The maximum atomic E-state index is 12.1. The molecular formula is C17H25N3O2S. The fourth-order valence-corrected chi connectivity index (χ4v) is 3.10. The molecule has 1 aliphatic rings. The van der Waals surface area contributed by atoms with E-state index in [1.165, 1.54) is 11.8 Å². The minimum atomic E-state index is -0.249. The van der Waals surface area contributed by atoms with Gasteiger partial charge in [0, 0.05) is 43.0 Å². The molecule has 0 radical (unpaired) electrons. The largest absolute Gasteiger partial charge is 0.347 e. The third-order valence-corrected chi connectivity index (χ3v) is 4.42. The van der Waals surface area contributed by atoms with Crippen molar-refractivity contribution in [3.8, 4) is 0 Å². The van der Waals surface area contributed by atoms with Gasteiger partial charge in [-0.2, -0.15) is 0 Å². The molecule has 0 aliphatic carbocycles. The number of nitrogens with one attached hydrogen (secondary N) is 2. The molecular weight excluding hydrogens is 310 g/mol. The second-order valence-electron chi connectivity index (χ2n) is 6.69. The van der Waals surface area contributed by atoms with Crippen LogP contribution in [0.25, 0.3) is 0 Å². The van der Waals surface area contributed by atoms with E-state index in [2.05, 4.69) is 10.6 Å². The van der Waals surface area contributed by atoms with Crippen molar-refractivity contribution in [1.82, 2.24) is 15.5 Å². The van der Waals surface area contributed by atoms with E-state index in [0.29, 0.717) is 11.3 Å². The Kier molecular flexibility index (Phi) is 6.07. The molecule has 1 saturated heterocycles. The number of nitrogens with zero attached hydrogens (tertiary/aromatic N) is 1. The number of rotatable bonds is 3. The quantitative estimate of drug-likeness (QED) is 0.891. The molecule has 0 atom stereocenters. The highest BCUT2D eigenvalue weighted by atomic mass is 32.2. The molecule has 1 aromatic carbocycles. The first-order valence-corrected chi connectivity index (χ1v) is 8.87. The molecule has 126 valence electrons. The molecule has 2 rings (SSSR count). The molecule has 0 saturated carbocycles. The topological polar surface area (TPSA) is 61.4 Å². The standard InChI is InChI=1S/C17H25N3O2S/c1-17(2,3)19-15(21)14-6-4-13(5-7-14)12-23-16(22)20-10-8-18-9-11-20/h4-7,18H,8-12H2,1-3H3,(H,19,21). The van der Waals surface area contributed by atoms with E-state index in [4.69, 9.17) is 0 Å². The molecule has 2 N–H and O–H groups in total. The number of carbonyl (C=O) groups excluding carboxylic acids is 2.